The van der Waals surface area contributed by atoms with E-state index in [0.29, 0.717) is 11.9 Å². The van der Waals surface area contributed by atoms with E-state index in [-0.39, 0.29) is 23.9 Å². The summed E-state index contributed by atoms with van der Waals surface area (Å²) in [4.78, 5) is 29.6. The molecule has 0 radical (unpaired) electrons. The van der Waals surface area contributed by atoms with Gasteiger partial charge in [-0.1, -0.05) is 97.1 Å². The minimum atomic E-state index is -0.277. The molecule has 0 aliphatic heterocycles. The lowest BCUT2D eigenvalue weighted by Gasteiger charge is -2.20. The summed E-state index contributed by atoms with van der Waals surface area (Å²) in [5, 5.41) is 9.71. The van der Waals surface area contributed by atoms with Gasteiger partial charge in [0.25, 0.3) is 5.56 Å². The van der Waals surface area contributed by atoms with E-state index in [0.717, 1.165) is 38.7 Å². The van der Waals surface area contributed by atoms with E-state index in [9.17, 15) is 9.59 Å². The number of rotatable bonds is 7. The van der Waals surface area contributed by atoms with Gasteiger partial charge in [-0.3, -0.25) is 9.59 Å². The minimum absolute atomic E-state index is 0.118. The normalized spacial score (nSPS) is 12.0. The van der Waals surface area contributed by atoms with E-state index in [4.69, 9.17) is 0 Å². The van der Waals surface area contributed by atoms with Crippen molar-refractivity contribution in [3.05, 3.63) is 137 Å². The van der Waals surface area contributed by atoms with Crippen LogP contribution < -0.4 is 10.9 Å². The number of hydrogen-bond donors (Lipinski definition) is 2. The third kappa shape index (κ3) is 4.48. The summed E-state index contributed by atoms with van der Waals surface area (Å²) in [5.41, 5.74) is 5.09. The number of aromatic nitrogens is 3. The Bertz CT molecular complexity index is 1790. The van der Waals surface area contributed by atoms with Crippen molar-refractivity contribution in [2.75, 3.05) is 6.54 Å². The molecule has 0 spiro atoms. The number of nitrogens with zero attached hydrogens (tertiary/aromatic N) is 2. The van der Waals surface area contributed by atoms with Crippen LogP contribution in [0, 0.1) is 0 Å². The van der Waals surface area contributed by atoms with Crippen LogP contribution in [0.15, 0.2) is 120 Å². The molecular weight excluding hydrogens is 472 g/mol. The molecular formula is C32H26N4O2. The Morgan fingerprint density at radius 1 is 0.816 bits per heavy atom. The van der Waals surface area contributed by atoms with Crippen LogP contribution in [0.4, 0.5) is 0 Å². The Morgan fingerprint density at radius 3 is 2.26 bits per heavy atom. The molecule has 6 nitrogen and oxygen atoms in total. The predicted molar refractivity (Wildman–Crippen MR) is 151 cm³/mol. The van der Waals surface area contributed by atoms with Gasteiger partial charge in [0, 0.05) is 28.8 Å². The average Bonchev–Trinajstić information content (AvgIpc) is 3.35. The fraction of sp³-hybridized carbons (Fsp3) is 0.0938. The van der Waals surface area contributed by atoms with Gasteiger partial charge in [0.2, 0.25) is 5.91 Å². The molecule has 1 atom stereocenters. The lowest BCUT2D eigenvalue weighted by atomic mass is 9.87. The minimum Gasteiger partial charge on any atom is -0.354 e. The summed E-state index contributed by atoms with van der Waals surface area (Å²) >= 11 is 0. The highest BCUT2D eigenvalue weighted by atomic mass is 16.2. The van der Waals surface area contributed by atoms with Crippen LogP contribution in [0.25, 0.3) is 32.9 Å². The molecule has 0 bridgehead atoms. The van der Waals surface area contributed by atoms with Crippen LogP contribution in [0.5, 0.6) is 0 Å². The van der Waals surface area contributed by atoms with E-state index in [1.54, 1.807) is 12.3 Å². The standard InChI is InChI=1S/C32H26N4O2/c37-29(21-36-32(38)25-16-8-7-15-24(25)19-34-36)33-20-27(22-11-3-1-4-12-22)30-26-17-9-10-18-28(26)35-31(30)23-13-5-2-6-14-23/h1-19,27,35H,20-21H2,(H,33,37). The van der Waals surface area contributed by atoms with Crippen molar-refractivity contribution in [1.29, 1.82) is 0 Å². The van der Waals surface area contributed by atoms with Crippen molar-refractivity contribution in [2.45, 2.75) is 12.5 Å². The fourth-order valence-electron chi connectivity index (χ4n) is 5.08. The highest BCUT2D eigenvalue weighted by molar-refractivity contribution is 5.92. The average molecular weight is 499 g/mol. The quantitative estimate of drug-likeness (QED) is 0.305. The number of nitrogens with one attached hydrogen (secondary N) is 2. The molecule has 2 aromatic heterocycles. The molecule has 2 N–H and O–H groups in total. The number of H-pyrrole nitrogens is 1. The Morgan fingerprint density at radius 2 is 1.47 bits per heavy atom. The Balaban J connectivity index is 1.35. The third-order valence-corrected chi connectivity index (χ3v) is 6.92. The first-order valence-electron chi connectivity index (χ1n) is 12.6. The van der Waals surface area contributed by atoms with Gasteiger partial charge in [-0.2, -0.15) is 5.10 Å². The van der Waals surface area contributed by atoms with Gasteiger partial charge < -0.3 is 10.3 Å². The van der Waals surface area contributed by atoms with E-state index >= 15 is 0 Å². The van der Waals surface area contributed by atoms with Crippen molar-refractivity contribution in [3.8, 4) is 11.3 Å². The number of carbonyl (C=O) groups excluding carboxylic acids is 1. The zero-order valence-electron chi connectivity index (χ0n) is 20.7. The molecule has 0 fully saturated rings. The second-order valence-corrected chi connectivity index (χ2v) is 9.29. The zero-order chi connectivity index (χ0) is 25.9. The van der Waals surface area contributed by atoms with Gasteiger partial charge in [-0.25, -0.2) is 4.68 Å². The molecule has 6 rings (SSSR count). The molecule has 186 valence electrons. The molecule has 4 aromatic carbocycles. The first-order valence-corrected chi connectivity index (χ1v) is 12.6. The van der Waals surface area contributed by atoms with Crippen LogP contribution >= 0.6 is 0 Å². The molecule has 1 amide bonds. The van der Waals surface area contributed by atoms with E-state index in [2.05, 4.69) is 51.8 Å². The number of para-hydroxylation sites is 1. The molecule has 6 aromatic rings. The number of aromatic amines is 1. The maximum atomic E-state index is 13.1. The molecule has 6 heteroatoms. The molecule has 0 saturated carbocycles. The molecule has 0 aliphatic carbocycles. The Kier molecular flexibility index (Phi) is 6.28. The van der Waals surface area contributed by atoms with Gasteiger partial charge in [0.15, 0.2) is 0 Å². The largest absolute Gasteiger partial charge is 0.354 e. The summed E-state index contributed by atoms with van der Waals surface area (Å²) in [6, 6.07) is 35.9. The van der Waals surface area contributed by atoms with Gasteiger partial charge in [-0.05, 0) is 28.8 Å². The van der Waals surface area contributed by atoms with Crippen molar-refractivity contribution in [2.24, 2.45) is 0 Å². The van der Waals surface area contributed by atoms with Crippen LogP contribution in [0.3, 0.4) is 0 Å². The smallest absolute Gasteiger partial charge is 0.275 e. The molecule has 2 heterocycles. The fourth-order valence-corrected chi connectivity index (χ4v) is 5.08. The highest BCUT2D eigenvalue weighted by Gasteiger charge is 2.24. The Labute approximate surface area is 219 Å². The summed E-state index contributed by atoms with van der Waals surface area (Å²) in [6.07, 6.45) is 1.62. The van der Waals surface area contributed by atoms with Gasteiger partial charge >= 0.3 is 0 Å². The van der Waals surface area contributed by atoms with Gasteiger partial charge in [0.05, 0.1) is 17.3 Å². The number of benzene rings is 4. The van der Waals surface area contributed by atoms with Crippen LogP contribution in [-0.4, -0.2) is 27.2 Å². The molecule has 1 unspecified atom stereocenters. The summed E-state index contributed by atoms with van der Waals surface area (Å²) in [6.45, 7) is 0.220. The van der Waals surface area contributed by atoms with Crippen LogP contribution in [-0.2, 0) is 11.3 Å². The monoisotopic (exact) mass is 498 g/mol. The van der Waals surface area contributed by atoms with Crippen molar-refractivity contribution >= 4 is 27.6 Å². The Hall–Kier alpha value is -4.97. The van der Waals surface area contributed by atoms with Crippen molar-refractivity contribution < 1.29 is 4.79 Å². The SMILES string of the molecule is O=C(Cn1ncc2ccccc2c1=O)NCC(c1ccccc1)c1c(-c2ccccc2)[nH]c2ccccc12. The first kappa shape index (κ1) is 23.4. The van der Waals surface area contributed by atoms with E-state index < -0.39 is 0 Å². The van der Waals surface area contributed by atoms with E-state index in [1.165, 1.54) is 4.68 Å². The second kappa shape index (κ2) is 10.2. The summed E-state index contributed by atoms with van der Waals surface area (Å²) in [7, 11) is 0. The maximum absolute atomic E-state index is 13.1. The third-order valence-electron chi connectivity index (χ3n) is 6.92. The van der Waals surface area contributed by atoms with E-state index in [1.807, 2.05) is 66.7 Å². The predicted octanol–water partition coefficient (Wildman–Crippen LogP) is 5.49. The molecule has 0 saturated heterocycles. The summed E-state index contributed by atoms with van der Waals surface area (Å²) < 4.78 is 1.22. The number of fused-ring (bicyclic) bond motifs is 2. The number of carbonyl (C=O) groups is 1. The first-order chi connectivity index (χ1) is 18.7. The number of hydrogen-bond acceptors (Lipinski definition) is 3. The topological polar surface area (TPSA) is 79.8 Å². The van der Waals surface area contributed by atoms with Crippen LogP contribution in [0.1, 0.15) is 17.0 Å². The highest BCUT2D eigenvalue weighted by Crippen LogP contribution is 2.38. The van der Waals surface area contributed by atoms with Gasteiger partial charge in [-0.15, -0.1) is 0 Å². The number of amides is 1. The van der Waals surface area contributed by atoms with Crippen LogP contribution in [0.2, 0.25) is 0 Å². The van der Waals surface area contributed by atoms with Crippen molar-refractivity contribution in [3.63, 3.8) is 0 Å². The zero-order valence-corrected chi connectivity index (χ0v) is 20.7. The summed E-state index contributed by atoms with van der Waals surface area (Å²) in [5.74, 6) is -0.385. The van der Waals surface area contributed by atoms with Crippen molar-refractivity contribution in [1.82, 2.24) is 20.1 Å². The second-order valence-electron chi connectivity index (χ2n) is 9.29. The molecule has 38 heavy (non-hydrogen) atoms. The maximum Gasteiger partial charge on any atom is 0.275 e. The van der Waals surface area contributed by atoms with Gasteiger partial charge in [0.1, 0.15) is 6.54 Å². The lowest BCUT2D eigenvalue weighted by molar-refractivity contribution is -0.121. The lowest BCUT2D eigenvalue weighted by Crippen LogP contribution is -2.35. The molecule has 0 aliphatic rings.